The summed E-state index contributed by atoms with van der Waals surface area (Å²) in [6.45, 7) is 0. The zero-order valence-corrected chi connectivity index (χ0v) is 17.4. The molecule has 2 aliphatic rings. The SMILES string of the molecule is COc1ccc(C2=NOC3=c4ccccc4=CSC3=C2c2ccc(OC)cc2)cc1. The monoisotopic (exact) mass is 413 g/mol. The minimum absolute atomic E-state index is 0.793. The Morgan fingerprint density at radius 1 is 0.767 bits per heavy atom. The Hall–Kier alpha value is -3.44. The van der Waals surface area contributed by atoms with Crippen LogP contribution in [0.2, 0.25) is 0 Å². The zero-order chi connectivity index (χ0) is 20.5. The highest BCUT2D eigenvalue weighted by atomic mass is 32.2. The molecule has 0 saturated heterocycles. The molecule has 3 aromatic carbocycles. The van der Waals surface area contributed by atoms with Crippen molar-refractivity contribution in [3.63, 3.8) is 0 Å². The number of benzene rings is 3. The second kappa shape index (κ2) is 7.76. The van der Waals surface area contributed by atoms with Crippen LogP contribution in [-0.2, 0) is 4.84 Å². The highest BCUT2D eigenvalue weighted by Crippen LogP contribution is 2.41. The van der Waals surface area contributed by atoms with Crippen molar-refractivity contribution in [3.8, 4) is 11.5 Å². The van der Waals surface area contributed by atoms with E-state index in [0.717, 1.165) is 55.0 Å². The van der Waals surface area contributed by atoms with Gasteiger partial charge in [0.05, 0.1) is 19.1 Å². The predicted octanol–water partition coefficient (Wildman–Crippen LogP) is 4.14. The molecule has 0 amide bonds. The van der Waals surface area contributed by atoms with Crippen molar-refractivity contribution in [2.45, 2.75) is 0 Å². The van der Waals surface area contributed by atoms with Crippen molar-refractivity contribution in [1.29, 1.82) is 0 Å². The largest absolute Gasteiger partial charge is 0.497 e. The zero-order valence-electron chi connectivity index (χ0n) is 16.6. The molecule has 0 saturated carbocycles. The normalized spacial score (nSPS) is 14.7. The van der Waals surface area contributed by atoms with Crippen LogP contribution in [0.15, 0.2) is 82.9 Å². The van der Waals surface area contributed by atoms with Gasteiger partial charge in [-0.15, -0.1) is 0 Å². The molecule has 0 atom stereocenters. The maximum Gasteiger partial charge on any atom is 0.180 e. The first-order valence-corrected chi connectivity index (χ1v) is 10.4. The van der Waals surface area contributed by atoms with Crippen molar-refractivity contribution in [2.75, 3.05) is 14.2 Å². The number of hydrogen-bond acceptors (Lipinski definition) is 5. The number of hydrogen-bond donors (Lipinski definition) is 0. The van der Waals surface area contributed by atoms with Crippen molar-refractivity contribution >= 4 is 34.2 Å². The fourth-order valence-electron chi connectivity index (χ4n) is 3.58. The minimum atomic E-state index is 0.793. The van der Waals surface area contributed by atoms with Gasteiger partial charge in [-0.25, -0.2) is 0 Å². The number of ether oxygens (including phenoxy) is 2. The first-order chi connectivity index (χ1) is 14.8. The topological polar surface area (TPSA) is 40.0 Å². The van der Waals surface area contributed by atoms with Gasteiger partial charge >= 0.3 is 0 Å². The fourth-order valence-corrected chi connectivity index (χ4v) is 4.62. The van der Waals surface area contributed by atoms with E-state index in [0.29, 0.717) is 0 Å². The van der Waals surface area contributed by atoms with Gasteiger partial charge in [0.1, 0.15) is 17.2 Å². The lowest BCUT2D eigenvalue weighted by atomic mass is 9.94. The number of methoxy groups -OCH3 is 2. The van der Waals surface area contributed by atoms with Gasteiger partial charge in [-0.05, 0) is 52.6 Å². The Bertz CT molecular complexity index is 1290. The fraction of sp³-hybridized carbons (Fsp3) is 0.0800. The molecule has 0 N–H and O–H groups in total. The summed E-state index contributed by atoms with van der Waals surface area (Å²) in [5.74, 6) is 2.41. The maximum absolute atomic E-state index is 5.98. The number of fused-ring (bicyclic) bond motifs is 2. The van der Waals surface area contributed by atoms with E-state index in [1.54, 1.807) is 26.0 Å². The van der Waals surface area contributed by atoms with Crippen molar-refractivity contribution in [1.82, 2.24) is 0 Å². The summed E-state index contributed by atoms with van der Waals surface area (Å²) in [4.78, 5) is 7.03. The van der Waals surface area contributed by atoms with Crippen LogP contribution in [0.4, 0.5) is 0 Å². The summed E-state index contributed by atoms with van der Waals surface area (Å²) in [5.41, 5.74) is 3.86. The molecule has 0 fully saturated rings. The molecule has 5 heteroatoms. The van der Waals surface area contributed by atoms with Gasteiger partial charge in [-0.2, -0.15) is 0 Å². The van der Waals surface area contributed by atoms with E-state index >= 15 is 0 Å². The van der Waals surface area contributed by atoms with E-state index in [-0.39, 0.29) is 0 Å². The Morgan fingerprint density at radius 2 is 1.40 bits per heavy atom. The van der Waals surface area contributed by atoms with Gasteiger partial charge < -0.3 is 14.3 Å². The molecule has 0 spiro atoms. The first kappa shape index (κ1) is 18.6. The van der Waals surface area contributed by atoms with Crippen LogP contribution in [0.3, 0.4) is 0 Å². The van der Waals surface area contributed by atoms with E-state index in [1.165, 1.54) is 0 Å². The molecule has 0 aromatic heterocycles. The van der Waals surface area contributed by atoms with Gasteiger partial charge in [-0.1, -0.05) is 53.3 Å². The lowest BCUT2D eigenvalue weighted by molar-refractivity contribution is 0.295. The van der Waals surface area contributed by atoms with Gasteiger partial charge in [0.15, 0.2) is 5.76 Å². The molecular formula is C25H19NO3S. The summed E-state index contributed by atoms with van der Waals surface area (Å²) >= 11 is 1.66. The lowest BCUT2D eigenvalue weighted by Crippen LogP contribution is -2.31. The predicted molar refractivity (Wildman–Crippen MR) is 122 cm³/mol. The average Bonchev–Trinajstić information content (AvgIpc) is 2.83. The Balaban J connectivity index is 1.73. The molecule has 30 heavy (non-hydrogen) atoms. The molecule has 2 aliphatic heterocycles. The Morgan fingerprint density at radius 3 is 2.07 bits per heavy atom. The van der Waals surface area contributed by atoms with Crippen molar-refractivity contribution in [3.05, 3.63) is 99.3 Å². The average molecular weight is 413 g/mol. The Labute approximate surface area is 178 Å². The molecule has 5 rings (SSSR count). The van der Waals surface area contributed by atoms with Crippen LogP contribution in [-0.4, -0.2) is 19.9 Å². The molecule has 3 aromatic rings. The van der Waals surface area contributed by atoms with E-state index in [1.807, 2.05) is 48.5 Å². The lowest BCUT2D eigenvalue weighted by Gasteiger charge is -2.24. The standard InChI is InChI=1S/C25H19NO3S/c1-27-19-11-7-16(8-12-19)22-23(17-9-13-20(28-2)14-10-17)26-29-24-21-6-4-3-5-18(21)15-30-25(22)24/h3-15H,1-2H3. The molecule has 0 bridgehead atoms. The van der Waals surface area contributed by atoms with Crippen LogP contribution in [0, 0.1) is 0 Å². The van der Waals surface area contributed by atoms with Gasteiger partial charge in [0, 0.05) is 16.4 Å². The van der Waals surface area contributed by atoms with E-state index < -0.39 is 0 Å². The first-order valence-electron chi connectivity index (χ1n) is 9.53. The second-order valence-corrected chi connectivity index (χ2v) is 7.72. The number of oxime groups is 1. The summed E-state index contributed by atoms with van der Waals surface area (Å²) < 4.78 is 10.7. The molecule has 0 aliphatic carbocycles. The van der Waals surface area contributed by atoms with Crippen molar-refractivity contribution < 1.29 is 14.3 Å². The molecule has 0 unspecified atom stereocenters. The van der Waals surface area contributed by atoms with Gasteiger partial charge in [0.25, 0.3) is 0 Å². The summed E-state index contributed by atoms with van der Waals surface area (Å²) in [6.07, 6.45) is 0. The third-order valence-corrected chi connectivity index (χ3v) is 6.15. The van der Waals surface area contributed by atoms with Gasteiger partial charge in [0.2, 0.25) is 0 Å². The number of rotatable bonds is 4. The highest BCUT2D eigenvalue weighted by Gasteiger charge is 2.28. The van der Waals surface area contributed by atoms with E-state index in [9.17, 15) is 0 Å². The highest BCUT2D eigenvalue weighted by molar-refractivity contribution is 8.10. The third kappa shape index (κ3) is 3.17. The number of allylic oxidation sites excluding steroid dienone is 1. The smallest absolute Gasteiger partial charge is 0.180 e. The number of thioether (sulfide) groups is 1. The molecule has 148 valence electrons. The molecule has 4 nitrogen and oxygen atoms in total. The maximum atomic E-state index is 5.98. The van der Waals surface area contributed by atoms with Crippen molar-refractivity contribution in [2.24, 2.45) is 5.16 Å². The van der Waals surface area contributed by atoms with Crippen LogP contribution in [0.5, 0.6) is 11.5 Å². The molecule has 2 heterocycles. The van der Waals surface area contributed by atoms with Crippen LogP contribution in [0.1, 0.15) is 11.1 Å². The van der Waals surface area contributed by atoms with Crippen LogP contribution >= 0.6 is 11.8 Å². The Kier molecular flexibility index (Phi) is 4.81. The van der Waals surface area contributed by atoms with E-state index in [2.05, 4.69) is 34.8 Å². The van der Waals surface area contributed by atoms with Crippen LogP contribution in [0.25, 0.3) is 16.7 Å². The summed E-state index contributed by atoms with van der Waals surface area (Å²) in [5, 5.41) is 8.91. The third-order valence-electron chi connectivity index (χ3n) is 5.15. The quantitative estimate of drug-likeness (QED) is 0.645. The minimum Gasteiger partial charge on any atom is -0.497 e. The van der Waals surface area contributed by atoms with E-state index in [4.69, 9.17) is 14.3 Å². The summed E-state index contributed by atoms with van der Waals surface area (Å²) in [7, 11) is 3.33. The second-order valence-electron chi connectivity index (χ2n) is 6.84. The number of nitrogens with zero attached hydrogens (tertiary/aromatic N) is 1. The van der Waals surface area contributed by atoms with Gasteiger partial charge in [-0.3, -0.25) is 0 Å². The molecule has 0 radical (unpaired) electrons. The summed E-state index contributed by atoms with van der Waals surface area (Å²) in [6, 6.07) is 24.1. The van der Waals surface area contributed by atoms with Crippen LogP contribution < -0.4 is 19.9 Å². The molecular weight excluding hydrogens is 394 g/mol.